The molecular formula is C13H11N5O2S. The van der Waals surface area contributed by atoms with Crippen molar-refractivity contribution in [1.29, 1.82) is 0 Å². The van der Waals surface area contributed by atoms with Crippen molar-refractivity contribution in [3.8, 4) is 0 Å². The fourth-order valence-electron chi connectivity index (χ4n) is 1.93. The zero-order chi connectivity index (χ0) is 14.8. The van der Waals surface area contributed by atoms with Gasteiger partial charge < -0.3 is 10.4 Å². The van der Waals surface area contributed by atoms with E-state index in [0.717, 1.165) is 15.9 Å². The van der Waals surface area contributed by atoms with Crippen LogP contribution in [0.5, 0.6) is 0 Å². The van der Waals surface area contributed by atoms with Gasteiger partial charge in [-0.2, -0.15) is 0 Å². The van der Waals surface area contributed by atoms with Crippen LogP contribution in [0, 0.1) is 10.1 Å². The summed E-state index contributed by atoms with van der Waals surface area (Å²) in [5.41, 5.74) is 3.30. The average Bonchev–Trinajstić information content (AvgIpc) is 2.89. The van der Waals surface area contributed by atoms with Crippen LogP contribution in [-0.4, -0.2) is 14.9 Å². The average molecular weight is 301 g/mol. The number of aromatic nitrogens is 2. The minimum Gasteiger partial charge on any atom is -0.349 e. The molecule has 0 aliphatic rings. The van der Waals surface area contributed by atoms with E-state index < -0.39 is 4.92 Å². The van der Waals surface area contributed by atoms with E-state index in [1.807, 2.05) is 30.3 Å². The number of anilines is 1. The summed E-state index contributed by atoms with van der Waals surface area (Å²) in [6, 6.07) is 12.5. The van der Waals surface area contributed by atoms with Crippen LogP contribution in [0.3, 0.4) is 0 Å². The number of H-pyrrole nitrogens is 1. The number of hydrogen-bond acceptors (Lipinski definition) is 6. The number of fused-ring (bicyclic) bond motifs is 1. The van der Waals surface area contributed by atoms with Gasteiger partial charge in [0.15, 0.2) is 5.03 Å². The predicted octanol–water partition coefficient (Wildman–Crippen LogP) is 2.91. The Morgan fingerprint density at radius 3 is 2.81 bits per heavy atom. The summed E-state index contributed by atoms with van der Waals surface area (Å²) in [4.78, 5) is 18.0. The number of nitrogens with one attached hydrogen (secondary N) is 2. The number of nitrogen functional groups attached to an aromatic ring is 1. The van der Waals surface area contributed by atoms with Crippen molar-refractivity contribution in [2.24, 2.45) is 5.84 Å². The summed E-state index contributed by atoms with van der Waals surface area (Å²) in [5, 5.41) is 13.2. The number of benzene rings is 1. The molecule has 1 aromatic carbocycles. The van der Waals surface area contributed by atoms with Crippen LogP contribution in [0.4, 0.5) is 11.5 Å². The summed E-state index contributed by atoms with van der Waals surface area (Å²) < 4.78 is 0. The lowest BCUT2D eigenvalue weighted by atomic mass is 10.3. The minimum absolute atomic E-state index is 0.0577. The molecule has 106 valence electrons. The number of pyridine rings is 1. The van der Waals surface area contributed by atoms with Gasteiger partial charge in [0.05, 0.1) is 9.95 Å². The highest BCUT2D eigenvalue weighted by atomic mass is 32.2. The van der Waals surface area contributed by atoms with Crippen molar-refractivity contribution in [2.45, 2.75) is 10.1 Å². The van der Waals surface area contributed by atoms with Gasteiger partial charge in [0, 0.05) is 17.0 Å². The van der Waals surface area contributed by atoms with Gasteiger partial charge in [-0.25, -0.2) is 10.8 Å². The van der Waals surface area contributed by atoms with Crippen molar-refractivity contribution in [3.05, 3.63) is 52.6 Å². The van der Waals surface area contributed by atoms with E-state index in [-0.39, 0.29) is 10.7 Å². The maximum absolute atomic E-state index is 11.1. The van der Waals surface area contributed by atoms with Gasteiger partial charge in [0.1, 0.15) is 5.82 Å². The van der Waals surface area contributed by atoms with Crippen LogP contribution >= 0.6 is 11.8 Å². The lowest BCUT2D eigenvalue weighted by Gasteiger charge is -2.03. The molecule has 0 amide bonds. The molecule has 0 unspecified atom stereocenters. The first-order valence-corrected chi connectivity index (χ1v) is 6.86. The lowest BCUT2D eigenvalue weighted by molar-refractivity contribution is -0.388. The number of rotatable bonds is 4. The molecule has 0 spiro atoms. The normalized spacial score (nSPS) is 10.7. The molecule has 2 aromatic heterocycles. The molecule has 0 fully saturated rings. The van der Waals surface area contributed by atoms with Gasteiger partial charge in [0.2, 0.25) is 0 Å². The number of nitro groups is 1. The number of nitrogens with zero attached hydrogens (tertiary/aromatic N) is 2. The van der Waals surface area contributed by atoms with Gasteiger partial charge in [-0.15, -0.1) is 0 Å². The maximum atomic E-state index is 11.1. The lowest BCUT2D eigenvalue weighted by Crippen LogP contribution is -2.09. The molecule has 0 saturated heterocycles. The second-order valence-electron chi connectivity index (χ2n) is 4.25. The second kappa shape index (κ2) is 5.43. The quantitative estimate of drug-likeness (QED) is 0.388. The second-order valence-corrected chi connectivity index (χ2v) is 5.28. The van der Waals surface area contributed by atoms with Gasteiger partial charge in [-0.1, -0.05) is 18.2 Å². The molecule has 0 radical (unpaired) electrons. The van der Waals surface area contributed by atoms with E-state index in [1.165, 1.54) is 23.9 Å². The Morgan fingerprint density at radius 1 is 1.29 bits per heavy atom. The first-order chi connectivity index (χ1) is 10.2. The van der Waals surface area contributed by atoms with E-state index in [0.29, 0.717) is 5.82 Å². The molecule has 3 aromatic rings. The fraction of sp³-hybridized carbons (Fsp3) is 0. The zero-order valence-electron chi connectivity index (χ0n) is 10.7. The van der Waals surface area contributed by atoms with E-state index in [9.17, 15) is 10.1 Å². The molecule has 4 N–H and O–H groups in total. The topological polar surface area (TPSA) is 110 Å². The third-order valence-corrected chi connectivity index (χ3v) is 3.83. The molecule has 8 heteroatoms. The van der Waals surface area contributed by atoms with Gasteiger partial charge >= 0.3 is 5.69 Å². The third kappa shape index (κ3) is 2.67. The zero-order valence-corrected chi connectivity index (χ0v) is 11.6. The van der Waals surface area contributed by atoms with Crippen LogP contribution < -0.4 is 11.3 Å². The Hall–Kier alpha value is -2.58. The third-order valence-electron chi connectivity index (χ3n) is 2.90. The van der Waals surface area contributed by atoms with Crippen LogP contribution in [-0.2, 0) is 0 Å². The van der Waals surface area contributed by atoms with E-state index in [2.05, 4.69) is 15.4 Å². The van der Waals surface area contributed by atoms with Crippen LogP contribution in [0.15, 0.2) is 52.5 Å². The Morgan fingerprint density at radius 2 is 2.10 bits per heavy atom. The Kier molecular flexibility index (Phi) is 3.46. The summed E-state index contributed by atoms with van der Waals surface area (Å²) >= 11 is 1.19. The fourth-order valence-corrected chi connectivity index (χ4v) is 2.88. The van der Waals surface area contributed by atoms with E-state index >= 15 is 0 Å². The van der Waals surface area contributed by atoms with E-state index in [4.69, 9.17) is 5.84 Å². The summed E-state index contributed by atoms with van der Waals surface area (Å²) in [6.45, 7) is 0. The van der Waals surface area contributed by atoms with Crippen molar-refractivity contribution in [3.63, 3.8) is 0 Å². The van der Waals surface area contributed by atoms with Crippen molar-refractivity contribution < 1.29 is 4.92 Å². The molecule has 3 rings (SSSR count). The largest absolute Gasteiger partial charge is 0.349 e. The van der Waals surface area contributed by atoms with Gasteiger partial charge in [-0.05, 0) is 30.0 Å². The van der Waals surface area contributed by atoms with Gasteiger partial charge in [0.25, 0.3) is 0 Å². The highest BCUT2D eigenvalue weighted by Gasteiger charge is 2.18. The standard InChI is InChI=1S/C13H11N5O2S/c14-17-11-6-5-10(18(19)20)13(16-11)21-12-7-8-3-1-2-4-9(8)15-12/h1-7,15H,14H2,(H,16,17). The van der Waals surface area contributed by atoms with Crippen LogP contribution in [0.1, 0.15) is 0 Å². The first-order valence-electron chi connectivity index (χ1n) is 6.05. The molecule has 0 atom stereocenters. The molecule has 7 nitrogen and oxygen atoms in total. The monoisotopic (exact) mass is 301 g/mol. The van der Waals surface area contributed by atoms with Gasteiger partial charge in [-0.3, -0.25) is 10.1 Å². The molecule has 2 heterocycles. The number of nitrogens with two attached hydrogens (primary N) is 1. The number of para-hydroxylation sites is 1. The van der Waals surface area contributed by atoms with Crippen LogP contribution in [0.25, 0.3) is 10.9 Å². The Bertz CT molecular complexity index is 784. The van der Waals surface area contributed by atoms with Crippen LogP contribution in [0.2, 0.25) is 0 Å². The summed E-state index contributed by atoms with van der Waals surface area (Å²) in [5.74, 6) is 5.67. The summed E-state index contributed by atoms with van der Waals surface area (Å²) in [7, 11) is 0. The van der Waals surface area contributed by atoms with Crippen molar-refractivity contribution in [2.75, 3.05) is 5.43 Å². The molecule has 0 bridgehead atoms. The van der Waals surface area contributed by atoms with Crippen molar-refractivity contribution >= 4 is 34.2 Å². The molecule has 0 saturated carbocycles. The molecule has 0 aliphatic carbocycles. The number of hydrogen-bond donors (Lipinski definition) is 3. The van der Waals surface area contributed by atoms with E-state index in [1.54, 1.807) is 0 Å². The smallest absolute Gasteiger partial charge is 0.301 e. The molecular weight excluding hydrogens is 290 g/mol. The molecule has 0 aliphatic heterocycles. The SMILES string of the molecule is NNc1ccc([N+](=O)[O-])c(Sc2cc3ccccc3[nH]2)n1. The number of hydrazine groups is 1. The maximum Gasteiger partial charge on any atom is 0.301 e. The highest BCUT2D eigenvalue weighted by molar-refractivity contribution is 7.99. The summed E-state index contributed by atoms with van der Waals surface area (Å²) in [6.07, 6.45) is 0. The Labute approximate surface area is 123 Å². The van der Waals surface area contributed by atoms with Crippen molar-refractivity contribution in [1.82, 2.24) is 9.97 Å². The Balaban J connectivity index is 2.01. The molecule has 21 heavy (non-hydrogen) atoms. The minimum atomic E-state index is -0.460. The first kappa shape index (κ1) is 13.4. The number of aromatic amines is 1. The predicted molar refractivity (Wildman–Crippen MR) is 81.1 cm³/mol. The highest BCUT2D eigenvalue weighted by Crippen LogP contribution is 2.34.